The lowest BCUT2D eigenvalue weighted by molar-refractivity contribution is 0.0657. The highest BCUT2D eigenvalue weighted by atomic mass is 127. The van der Waals surface area contributed by atoms with Crippen LogP contribution < -0.4 is 5.32 Å². The Hall–Kier alpha value is -2.82. The van der Waals surface area contributed by atoms with E-state index in [0.717, 1.165) is 44.4 Å². The van der Waals surface area contributed by atoms with Gasteiger partial charge in [0.1, 0.15) is 5.82 Å². The maximum atomic E-state index is 12.5. The predicted molar refractivity (Wildman–Crippen MR) is 139 cm³/mol. The van der Waals surface area contributed by atoms with Crippen molar-refractivity contribution in [2.24, 2.45) is 4.99 Å². The molecule has 9 heteroatoms. The molecule has 1 fully saturated rings. The van der Waals surface area contributed by atoms with Crippen LogP contribution in [0.25, 0.3) is 0 Å². The van der Waals surface area contributed by atoms with Gasteiger partial charge in [0.2, 0.25) is 0 Å². The van der Waals surface area contributed by atoms with Crippen molar-refractivity contribution in [3.8, 4) is 0 Å². The molecule has 0 saturated carbocycles. The summed E-state index contributed by atoms with van der Waals surface area (Å²) in [4.78, 5) is 25.9. The zero-order valence-corrected chi connectivity index (χ0v) is 21.2. The zero-order chi connectivity index (χ0) is 22.2. The highest BCUT2D eigenvalue weighted by Gasteiger charge is 2.25. The van der Waals surface area contributed by atoms with Gasteiger partial charge < -0.3 is 24.1 Å². The number of carbonyl (C=O) groups excluding carboxylic acids is 1. The van der Waals surface area contributed by atoms with E-state index in [1.807, 2.05) is 23.4 Å². The summed E-state index contributed by atoms with van der Waals surface area (Å²) >= 11 is 0. The number of guanidine groups is 1. The molecule has 176 valence electrons. The molecule has 0 bridgehead atoms. The third kappa shape index (κ3) is 6.59. The van der Waals surface area contributed by atoms with Crippen molar-refractivity contribution in [1.29, 1.82) is 0 Å². The predicted octanol–water partition coefficient (Wildman–Crippen LogP) is 3.11. The van der Waals surface area contributed by atoms with Crippen LogP contribution in [0.4, 0.5) is 0 Å². The number of halogens is 1. The Morgan fingerprint density at radius 3 is 2.55 bits per heavy atom. The molecular formula is C24H31IN6O2. The number of piperazine rings is 1. The van der Waals surface area contributed by atoms with Crippen LogP contribution in [-0.4, -0.2) is 70.5 Å². The summed E-state index contributed by atoms with van der Waals surface area (Å²) < 4.78 is 7.43. The normalized spacial score (nSPS) is 14.2. The molecule has 1 saturated heterocycles. The molecule has 0 atom stereocenters. The fourth-order valence-corrected chi connectivity index (χ4v) is 3.86. The third-order valence-corrected chi connectivity index (χ3v) is 5.53. The van der Waals surface area contributed by atoms with Gasteiger partial charge in [0, 0.05) is 64.6 Å². The molecule has 1 aliphatic rings. The Morgan fingerprint density at radius 1 is 1.09 bits per heavy atom. The van der Waals surface area contributed by atoms with Crippen molar-refractivity contribution >= 4 is 35.8 Å². The summed E-state index contributed by atoms with van der Waals surface area (Å²) in [6.45, 7) is 7.09. The second kappa shape index (κ2) is 12.4. The maximum Gasteiger partial charge on any atom is 0.289 e. The van der Waals surface area contributed by atoms with E-state index in [1.54, 1.807) is 12.1 Å². The fourth-order valence-electron chi connectivity index (χ4n) is 3.86. The number of carbonyl (C=O) groups is 1. The van der Waals surface area contributed by atoms with Gasteiger partial charge >= 0.3 is 0 Å². The molecule has 3 aromatic rings. The Kier molecular flexibility index (Phi) is 9.35. The molecule has 33 heavy (non-hydrogen) atoms. The molecule has 3 heterocycles. The van der Waals surface area contributed by atoms with Gasteiger partial charge in [-0.05, 0) is 24.6 Å². The van der Waals surface area contributed by atoms with Crippen LogP contribution in [0.5, 0.6) is 0 Å². The Balaban J connectivity index is 0.00000306. The lowest BCUT2D eigenvalue weighted by atomic mass is 10.2. The summed E-state index contributed by atoms with van der Waals surface area (Å²) in [5.74, 6) is 2.26. The molecule has 2 aromatic heterocycles. The summed E-state index contributed by atoms with van der Waals surface area (Å²) in [6, 6.07) is 13.8. The minimum Gasteiger partial charge on any atom is -0.459 e. The standard InChI is InChI=1S/C24H30N6O2.HI/c1-2-25-24(29-16-14-28(15-17-29)23(31)21-9-6-18-32-21)27-11-10-22-26-12-13-30(22)19-20-7-4-3-5-8-20;/h3-9,12-13,18H,2,10-11,14-17,19H2,1H3,(H,25,27);1H. The lowest BCUT2D eigenvalue weighted by Gasteiger charge is -2.36. The zero-order valence-electron chi connectivity index (χ0n) is 18.9. The largest absolute Gasteiger partial charge is 0.459 e. The average Bonchev–Trinajstić information content (AvgIpc) is 3.52. The summed E-state index contributed by atoms with van der Waals surface area (Å²) in [7, 11) is 0. The number of nitrogens with one attached hydrogen (secondary N) is 1. The van der Waals surface area contributed by atoms with E-state index in [2.05, 4.69) is 51.0 Å². The lowest BCUT2D eigenvalue weighted by Crippen LogP contribution is -2.53. The van der Waals surface area contributed by atoms with Gasteiger partial charge in [-0.25, -0.2) is 4.98 Å². The van der Waals surface area contributed by atoms with E-state index in [-0.39, 0.29) is 29.9 Å². The Labute approximate surface area is 211 Å². The molecule has 1 aromatic carbocycles. The van der Waals surface area contributed by atoms with Crippen LogP contribution in [0.1, 0.15) is 28.9 Å². The van der Waals surface area contributed by atoms with E-state index in [4.69, 9.17) is 9.41 Å². The van der Waals surface area contributed by atoms with E-state index in [9.17, 15) is 4.79 Å². The number of aliphatic imine (C=N–C) groups is 1. The van der Waals surface area contributed by atoms with Crippen molar-refractivity contribution in [2.75, 3.05) is 39.3 Å². The number of hydrogen-bond donors (Lipinski definition) is 1. The van der Waals surface area contributed by atoms with Gasteiger partial charge in [0.15, 0.2) is 11.7 Å². The average molecular weight is 562 g/mol. The number of rotatable bonds is 7. The number of imidazole rings is 1. The van der Waals surface area contributed by atoms with E-state index >= 15 is 0 Å². The SMILES string of the molecule is CCNC(=NCCc1nccn1Cc1ccccc1)N1CCN(C(=O)c2ccco2)CC1.I. The quantitative estimate of drug-likeness (QED) is 0.272. The van der Waals surface area contributed by atoms with E-state index in [0.29, 0.717) is 25.4 Å². The number of hydrogen-bond acceptors (Lipinski definition) is 4. The molecule has 0 aliphatic carbocycles. The van der Waals surface area contributed by atoms with Crippen LogP contribution in [0, 0.1) is 0 Å². The van der Waals surface area contributed by atoms with Crippen LogP contribution in [0.2, 0.25) is 0 Å². The number of benzene rings is 1. The van der Waals surface area contributed by atoms with Gasteiger partial charge in [0.05, 0.1) is 6.26 Å². The van der Waals surface area contributed by atoms with Gasteiger partial charge in [0.25, 0.3) is 5.91 Å². The first-order chi connectivity index (χ1) is 15.7. The van der Waals surface area contributed by atoms with Gasteiger partial charge in [-0.15, -0.1) is 24.0 Å². The number of nitrogens with zero attached hydrogens (tertiary/aromatic N) is 5. The molecule has 1 aliphatic heterocycles. The van der Waals surface area contributed by atoms with Gasteiger partial charge in [-0.2, -0.15) is 0 Å². The van der Waals surface area contributed by atoms with E-state index in [1.165, 1.54) is 11.8 Å². The minimum absolute atomic E-state index is 0. The van der Waals surface area contributed by atoms with Crippen molar-refractivity contribution in [3.05, 3.63) is 78.3 Å². The molecule has 4 rings (SSSR count). The topological polar surface area (TPSA) is 78.9 Å². The maximum absolute atomic E-state index is 12.5. The van der Waals surface area contributed by atoms with Crippen molar-refractivity contribution in [3.63, 3.8) is 0 Å². The van der Waals surface area contributed by atoms with Gasteiger partial charge in [-0.1, -0.05) is 30.3 Å². The van der Waals surface area contributed by atoms with Crippen molar-refractivity contribution < 1.29 is 9.21 Å². The second-order valence-corrected chi connectivity index (χ2v) is 7.70. The number of amides is 1. The number of aromatic nitrogens is 2. The van der Waals surface area contributed by atoms with Crippen LogP contribution >= 0.6 is 24.0 Å². The first kappa shape index (κ1) is 24.8. The third-order valence-electron chi connectivity index (χ3n) is 5.53. The van der Waals surface area contributed by atoms with Crippen molar-refractivity contribution in [1.82, 2.24) is 24.7 Å². The molecule has 0 unspecified atom stereocenters. The summed E-state index contributed by atoms with van der Waals surface area (Å²) in [5, 5.41) is 3.39. The molecule has 0 spiro atoms. The van der Waals surface area contributed by atoms with Crippen LogP contribution in [0.3, 0.4) is 0 Å². The summed E-state index contributed by atoms with van der Waals surface area (Å²) in [6.07, 6.45) is 6.17. The van der Waals surface area contributed by atoms with Crippen LogP contribution in [-0.2, 0) is 13.0 Å². The van der Waals surface area contributed by atoms with E-state index < -0.39 is 0 Å². The summed E-state index contributed by atoms with van der Waals surface area (Å²) in [5.41, 5.74) is 1.26. The smallest absolute Gasteiger partial charge is 0.289 e. The minimum atomic E-state index is -0.0539. The first-order valence-electron chi connectivity index (χ1n) is 11.1. The number of furan rings is 1. The molecule has 8 nitrogen and oxygen atoms in total. The second-order valence-electron chi connectivity index (χ2n) is 7.70. The fraction of sp³-hybridized carbons (Fsp3) is 0.375. The first-order valence-corrected chi connectivity index (χ1v) is 11.1. The molecule has 0 radical (unpaired) electrons. The molecule has 1 N–H and O–H groups in total. The van der Waals surface area contributed by atoms with Crippen molar-refractivity contribution in [2.45, 2.75) is 19.9 Å². The molecule has 1 amide bonds. The van der Waals surface area contributed by atoms with Crippen LogP contribution in [0.15, 0.2) is 70.5 Å². The highest BCUT2D eigenvalue weighted by Crippen LogP contribution is 2.10. The van der Waals surface area contributed by atoms with Gasteiger partial charge in [-0.3, -0.25) is 9.79 Å². The Bertz CT molecular complexity index is 1010. The molecular weight excluding hydrogens is 531 g/mol. The highest BCUT2D eigenvalue weighted by molar-refractivity contribution is 14.0. The Morgan fingerprint density at radius 2 is 1.85 bits per heavy atom. The monoisotopic (exact) mass is 562 g/mol.